The summed E-state index contributed by atoms with van der Waals surface area (Å²) in [5, 5.41) is 3.05. The maximum absolute atomic E-state index is 11.6. The van der Waals surface area contributed by atoms with Crippen LogP contribution >= 0.6 is 0 Å². The zero-order valence-corrected chi connectivity index (χ0v) is 9.79. The number of amides is 1. The van der Waals surface area contributed by atoms with Gasteiger partial charge in [0.05, 0.1) is 6.10 Å². The van der Waals surface area contributed by atoms with Gasteiger partial charge in [0.1, 0.15) is 6.61 Å². The van der Waals surface area contributed by atoms with E-state index in [1.807, 2.05) is 0 Å². The second-order valence-corrected chi connectivity index (χ2v) is 6.23. The van der Waals surface area contributed by atoms with Crippen molar-refractivity contribution in [1.82, 2.24) is 5.32 Å². The highest BCUT2D eigenvalue weighted by Gasteiger charge is 2.66. The summed E-state index contributed by atoms with van der Waals surface area (Å²) >= 11 is 0. The largest absolute Gasteiger partial charge is 0.368 e. The number of carbonyl (C=O) groups excluding carboxylic acids is 1. The Balaban J connectivity index is 1.35. The van der Waals surface area contributed by atoms with Crippen molar-refractivity contribution < 1.29 is 9.53 Å². The highest BCUT2D eigenvalue weighted by Crippen LogP contribution is 2.58. The molecule has 4 aliphatic rings. The Hall–Kier alpha value is -0.610. The first kappa shape index (κ1) is 10.5. The molecular weight excluding hydrogens is 204 g/mol. The summed E-state index contributed by atoms with van der Waals surface area (Å²) in [4.78, 5) is 11.6. The zero-order chi connectivity index (χ0) is 11.4. The van der Waals surface area contributed by atoms with Crippen LogP contribution in [0.25, 0.3) is 0 Å². The van der Waals surface area contributed by atoms with Crippen LogP contribution in [-0.4, -0.2) is 29.7 Å². The van der Waals surface area contributed by atoms with Crippen LogP contribution in [0.15, 0.2) is 0 Å². The highest BCUT2D eigenvalue weighted by atomic mass is 16.5. The first-order valence-corrected chi connectivity index (χ1v) is 6.20. The lowest BCUT2D eigenvalue weighted by Gasteiger charge is -2.68. The van der Waals surface area contributed by atoms with Crippen molar-refractivity contribution in [2.45, 2.75) is 56.2 Å². The monoisotopic (exact) mass is 224 g/mol. The molecule has 2 bridgehead atoms. The van der Waals surface area contributed by atoms with Gasteiger partial charge in [0, 0.05) is 11.1 Å². The molecule has 0 aromatic carbocycles. The summed E-state index contributed by atoms with van der Waals surface area (Å²) in [6.07, 6.45) is 5.37. The van der Waals surface area contributed by atoms with Crippen LogP contribution < -0.4 is 11.1 Å². The first-order valence-electron chi connectivity index (χ1n) is 6.20. The molecule has 16 heavy (non-hydrogen) atoms. The number of hydrogen-bond acceptors (Lipinski definition) is 3. The average molecular weight is 224 g/mol. The van der Waals surface area contributed by atoms with E-state index in [1.54, 1.807) is 0 Å². The van der Waals surface area contributed by atoms with Crippen LogP contribution in [0.1, 0.15) is 39.0 Å². The van der Waals surface area contributed by atoms with Gasteiger partial charge in [-0.3, -0.25) is 4.79 Å². The predicted octanol–water partition coefficient (Wildman–Crippen LogP) is 0.551. The number of carbonyl (C=O) groups is 1. The molecule has 4 rings (SSSR count). The van der Waals surface area contributed by atoms with Gasteiger partial charge in [0.2, 0.25) is 5.91 Å². The van der Waals surface area contributed by atoms with E-state index in [0.717, 1.165) is 38.0 Å². The standard InChI is InChI=1S/C12H20N2O2/c1-8-2-9(3-8)16-4-10(15)14-12-5-11(13,6-12)7-12/h8-9H,2-7,13H2,1H3,(H,14,15)/t8-,9+,11?,12?. The lowest BCUT2D eigenvalue weighted by molar-refractivity contribution is -0.144. The fourth-order valence-corrected chi connectivity index (χ4v) is 3.49. The molecule has 4 fully saturated rings. The normalized spacial score (nSPS) is 48.6. The third-order valence-corrected chi connectivity index (χ3v) is 4.26. The Kier molecular flexibility index (Phi) is 2.11. The Morgan fingerprint density at radius 3 is 2.56 bits per heavy atom. The van der Waals surface area contributed by atoms with Crippen molar-refractivity contribution >= 4 is 5.91 Å². The molecule has 0 atom stereocenters. The Morgan fingerprint density at radius 2 is 2.06 bits per heavy atom. The SMILES string of the molecule is C[C@H]1C[C@@H](OCC(=O)NC23CC(N)(C2)C3)C1. The molecule has 0 aromatic heterocycles. The van der Waals surface area contributed by atoms with E-state index < -0.39 is 0 Å². The van der Waals surface area contributed by atoms with Gasteiger partial charge in [-0.25, -0.2) is 0 Å². The minimum Gasteiger partial charge on any atom is -0.368 e. The molecule has 3 N–H and O–H groups in total. The van der Waals surface area contributed by atoms with Gasteiger partial charge in [0.15, 0.2) is 0 Å². The number of ether oxygens (including phenoxy) is 1. The van der Waals surface area contributed by atoms with Crippen molar-refractivity contribution in [3.8, 4) is 0 Å². The lowest BCUT2D eigenvalue weighted by Crippen LogP contribution is -2.82. The fourth-order valence-electron chi connectivity index (χ4n) is 3.49. The zero-order valence-electron chi connectivity index (χ0n) is 9.79. The summed E-state index contributed by atoms with van der Waals surface area (Å²) in [7, 11) is 0. The van der Waals surface area contributed by atoms with E-state index in [1.165, 1.54) is 0 Å². The molecule has 4 nitrogen and oxygen atoms in total. The van der Waals surface area contributed by atoms with Crippen LogP contribution in [0.3, 0.4) is 0 Å². The molecule has 0 radical (unpaired) electrons. The van der Waals surface area contributed by atoms with E-state index >= 15 is 0 Å². The van der Waals surface area contributed by atoms with E-state index in [9.17, 15) is 4.79 Å². The Labute approximate surface area is 95.9 Å². The van der Waals surface area contributed by atoms with Crippen molar-refractivity contribution in [3.05, 3.63) is 0 Å². The van der Waals surface area contributed by atoms with Gasteiger partial charge >= 0.3 is 0 Å². The maximum Gasteiger partial charge on any atom is 0.246 e. The summed E-state index contributed by atoms with van der Waals surface area (Å²) < 4.78 is 5.52. The second kappa shape index (κ2) is 3.20. The van der Waals surface area contributed by atoms with Crippen LogP contribution in [0.5, 0.6) is 0 Å². The lowest BCUT2D eigenvalue weighted by atomic mass is 9.44. The van der Waals surface area contributed by atoms with Crippen LogP contribution in [0.2, 0.25) is 0 Å². The molecule has 4 saturated carbocycles. The molecule has 1 amide bonds. The summed E-state index contributed by atoms with van der Waals surface area (Å²) in [5.74, 6) is 0.795. The second-order valence-electron chi connectivity index (χ2n) is 6.23. The smallest absolute Gasteiger partial charge is 0.246 e. The molecule has 90 valence electrons. The number of nitrogens with one attached hydrogen (secondary N) is 1. The van der Waals surface area contributed by atoms with Gasteiger partial charge in [0.25, 0.3) is 0 Å². The van der Waals surface area contributed by atoms with E-state index in [4.69, 9.17) is 10.5 Å². The third-order valence-electron chi connectivity index (χ3n) is 4.26. The van der Waals surface area contributed by atoms with Crippen LogP contribution in [-0.2, 0) is 9.53 Å². The van der Waals surface area contributed by atoms with Crippen molar-refractivity contribution in [2.75, 3.05) is 6.61 Å². The average Bonchev–Trinajstić information content (AvgIpc) is 2.06. The quantitative estimate of drug-likeness (QED) is 0.733. The van der Waals surface area contributed by atoms with Crippen LogP contribution in [0, 0.1) is 5.92 Å². The summed E-state index contributed by atoms with van der Waals surface area (Å²) in [6.45, 7) is 2.43. The fraction of sp³-hybridized carbons (Fsp3) is 0.917. The van der Waals surface area contributed by atoms with Gasteiger partial charge in [-0.1, -0.05) is 6.92 Å². The molecule has 0 heterocycles. The number of nitrogens with two attached hydrogens (primary N) is 1. The Bertz CT molecular complexity index is 303. The van der Waals surface area contributed by atoms with Crippen molar-refractivity contribution in [3.63, 3.8) is 0 Å². The number of rotatable bonds is 4. The minimum absolute atomic E-state index is 0.0290. The van der Waals surface area contributed by atoms with Gasteiger partial charge < -0.3 is 15.8 Å². The van der Waals surface area contributed by atoms with E-state index in [0.29, 0.717) is 6.10 Å². The molecular formula is C12H20N2O2. The van der Waals surface area contributed by atoms with E-state index in [2.05, 4.69) is 12.2 Å². The van der Waals surface area contributed by atoms with Crippen molar-refractivity contribution in [1.29, 1.82) is 0 Å². The summed E-state index contributed by atoms with van der Waals surface area (Å²) in [5.41, 5.74) is 6.03. The Morgan fingerprint density at radius 1 is 1.44 bits per heavy atom. The van der Waals surface area contributed by atoms with E-state index in [-0.39, 0.29) is 23.6 Å². The molecule has 0 aliphatic heterocycles. The van der Waals surface area contributed by atoms with Gasteiger partial charge in [-0.05, 0) is 38.0 Å². The molecule has 0 saturated heterocycles. The highest BCUT2D eigenvalue weighted by molar-refractivity contribution is 5.79. The molecule has 0 spiro atoms. The molecule has 4 aliphatic carbocycles. The molecule has 4 heteroatoms. The topological polar surface area (TPSA) is 64.3 Å². The minimum atomic E-state index is 0.0290. The summed E-state index contributed by atoms with van der Waals surface area (Å²) in [6, 6.07) is 0. The maximum atomic E-state index is 11.6. The van der Waals surface area contributed by atoms with Gasteiger partial charge in [-0.15, -0.1) is 0 Å². The van der Waals surface area contributed by atoms with Gasteiger partial charge in [-0.2, -0.15) is 0 Å². The van der Waals surface area contributed by atoms with Crippen LogP contribution in [0.4, 0.5) is 0 Å². The molecule has 0 aromatic rings. The number of hydrogen-bond donors (Lipinski definition) is 2. The first-order chi connectivity index (χ1) is 7.49. The molecule has 0 unspecified atom stereocenters. The predicted molar refractivity (Wildman–Crippen MR) is 59.8 cm³/mol. The third kappa shape index (κ3) is 1.64. The van der Waals surface area contributed by atoms with Crippen molar-refractivity contribution in [2.24, 2.45) is 11.7 Å².